The summed E-state index contributed by atoms with van der Waals surface area (Å²) < 4.78 is 30.0. The Labute approximate surface area is 76.1 Å². The van der Waals surface area contributed by atoms with Crippen LogP contribution in [0.2, 0.25) is 0 Å². The van der Waals surface area contributed by atoms with Gasteiger partial charge in [0.15, 0.2) is 0 Å². The van der Waals surface area contributed by atoms with Crippen LogP contribution < -0.4 is 0 Å². The summed E-state index contributed by atoms with van der Waals surface area (Å²) in [5.74, 6) is 0. The summed E-state index contributed by atoms with van der Waals surface area (Å²) in [4.78, 5) is 8.08. The first-order valence-corrected chi connectivity index (χ1v) is 4.33. The number of hydrogen-bond donors (Lipinski definition) is 1. The molecule has 0 amide bonds. The molecule has 65 valence electrons. The van der Waals surface area contributed by atoms with E-state index in [1.54, 1.807) is 0 Å². The average molecular weight is 282 g/mol. The molecule has 0 aromatic carbocycles. The van der Waals surface area contributed by atoms with Gasteiger partial charge in [0.2, 0.25) is 0 Å². The van der Waals surface area contributed by atoms with Crippen molar-refractivity contribution in [2.75, 3.05) is 0 Å². The van der Waals surface area contributed by atoms with E-state index in [1.807, 2.05) is 0 Å². The quantitative estimate of drug-likeness (QED) is 0.273. The number of hydrogen-bond acceptors (Lipinski definition) is 5. The standard InChI is InChI=1S/CH3AsO6S.Cu/c2-1(6-7-1)8-9(3,4)5;/h2H2,(H,3,4,5);. The minimum atomic E-state index is -4.45. The molecule has 1 saturated heterocycles. The summed E-state index contributed by atoms with van der Waals surface area (Å²) in [6, 6.07) is 0. The van der Waals surface area contributed by atoms with Gasteiger partial charge in [-0.1, -0.05) is 0 Å². The second-order valence-electron chi connectivity index (χ2n) is 1.28. The molecular formula is CH3AsCuO6S. The minimum Gasteiger partial charge on any atom is 0 e. The molecule has 1 radical (unpaired) electrons. The fourth-order valence-electron chi connectivity index (χ4n) is 0.216. The zero-order valence-corrected chi connectivity index (χ0v) is 8.46. The SMILES string of the molecule is O=S(=O)(O)OC1([AsH2])OO1.[Cu]. The van der Waals surface area contributed by atoms with Gasteiger partial charge in [0.05, 0.1) is 0 Å². The van der Waals surface area contributed by atoms with Crippen LogP contribution >= 0.6 is 0 Å². The van der Waals surface area contributed by atoms with Crippen molar-refractivity contribution in [2.24, 2.45) is 0 Å². The molecule has 1 fully saturated rings. The van der Waals surface area contributed by atoms with Gasteiger partial charge >= 0.3 is 58.9 Å². The molecule has 1 unspecified atom stereocenters. The van der Waals surface area contributed by atoms with E-state index in [1.165, 1.54) is 0 Å². The summed E-state index contributed by atoms with van der Waals surface area (Å²) in [5, 5.41) is 0. The van der Waals surface area contributed by atoms with Crippen molar-refractivity contribution >= 4 is 27.3 Å². The second-order valence-corrected chi connectivity index (χ2v) is 3.79. The van der Waals surface area contributed by atoms with E-state index >= 15 is 0 Å². The van der Waals surface area contributed by atoms with Crippen molar-refractivity contribution in [3.05, 3.63) is 0 Å². The molecule has 1 N–H and O–H groups in total. The predicted molar refractivity (Wildman–Crippen MR) is 26.1 cm³/mol. The maximum atomic E-state index is 9.87. The van der Waals surface area contributed by atoms with Crippen molar-refractivity contribution in [1.82, 2.24) is 0 Å². The van der Waals surface area contributed by atoms with E-state index in [0.717, 1.165) is 16.9 Å². The maximum Gasteiger partial charge on any atom is 0 e. The van der Waals surface area contributed by atoms with Crippen molar-refractivity contribution in [1.29, 1.82) is 0 Å². The molecule has 9 heteroatoms. The third kappa shape index (κ3) is 3.90. The van der Waals surface area contributed by atoms with Crippen LogP contribution in [0.15, 0.2) is 0 Å². The van der Waals surface area contributed by atoms with Crippen LogP contribution in [0, 0.1) is 0 Å². The Morgan fingerprint density at radius 1 is 1.50 bits per heavy atom. The van der Waals surface area contributed by atoms with Gasteiger partial charge < -0.3 is 0 Å². The van der Waals surface area contributed by atoms with Crippen LogP contribution in [0.25, 0.3) is 0 Å². The Hall–Kier alpha value is 0.868. The summed E-state index contributed by atoms with van der Waals surface area (Å²) >= 11 is 0.754. The van der Waals surface area contributed by atoms with Crippen LogP contribution in [0.3, 0.4) is 0 Å². The largest absolute Gasteiger partial charge is 0 e. The summed E-state index contributed by atoms with van der Waals surface area (Å²) in [6.45, 7) is 0. The second kappa shape index (κ2) is 3.08. The van der Waals surface area contributed by atoms with E-state index in [2.05, 4.69) is 14.0 Å². The van der Waals surface area contributed by atoms with Gasteiger partial charge in [-0.25, -0.2) is 0 Å². The van der Waals surface area contributed by atoms with Crippen molar-refractivity contribution in [2.45, 2.75) is 4.76 Å². The van der Waals surface area contributed by atoms with Crippen LogP contribution in [0.1, 0.15) is 0 Å². The Bertz CT molecular complexity index is 206. The van der Waals surface area contributed by atoms with Gasteiger partial charge in [-0.2, -0.15) is 0 Å². The van der Waals surface area contributed by atoms with Crippen LogP contribution in [-0.2, 0) is 41.4 Å². The first kappa shape index (κ1) is 10.9. The first-order valence-electron chi connectivity index (χ1n) is 1.75. The smallest absolute Gasteiger partial charge is 0 e. The Kier molecular flexibility index (Phi) is 3.35. The van der Waals surface area contributed by atoms with E-state index < -0.39 is 15.2 Å². The molecule has 1 heterocycles. The first-order chi connectivity index (χ1) is 3.91. The monoisotopic (exact) mass is 281 g/mol. The molecule has 10 heavy (non-hydrogen) atoms. The topological polar surface area (TPSA) is 88.7 Å². The molecule has 1 rings (SSSR count). The molecule has 1 aliphatic heterocycles. The van der Waals surface area contributed by atoms with E-state index in [9.17, 15) is 8.42 Å². The molecule has 1 aliphatic rings. The van der Waals surface area contributed by atoms with Gasteiger partial charge in [-0.3, -0.25) is 0 Å². The van der Waals surface area contributed by atoms with E-state index in [-0.39, 0.29) is 17.1 Å². The third-order valence-electron chi connectivity index (χ3n) is 0.469. The Morgan fingerprint density at radius 2 is 1.90 bits per heavy atom. The van der Waals surface area contributed by atoms with Gasteiger partial charge in [-0.15, -0.1) is 0 Å². The van der Waals surface area contributed by atoms with Crippen LogP contribution in [0.4, 0.5) is 0 Å². The molecule has 0 bridgehead atoms. The van der Waals surface area contributed by atoms with Crippen LogP contribution in [-0.4, -0.2) is 34.6 Å². The van der Waals surface area contributed by atoms with Crippen molar-refractivity contribution in [3.8, 4) is 0 Å². The molecule has 0 aromatic heterocycles. The normalized spacial score (nSPS) is 21.4. The van der Waals surface area contributed by atoms with Crippen LogP contribution in [0.5, 0.6) is 0 Å². The molecule has 0 aliphatic carbocycles. The van der Waals surface area contributed by atoms with Gasteiger partial charge in [0.1, 0.15) is 0 Å². The summed E-state index contributed by atoms with van der Waals surface area (Å²) in [7, 11) is -4.45. The minimum absolute atomic E-state index is 0. The molecular weight excluding hydrogens is 279 g/mol. The fraction of sp³-hybridized carbons (Fsp3) is 1.00. The molecule has 6 nitrogen and oxygen atoms in total. The molecule has 0 aromatic rings. The van der Waals surface area contributed by atoms with Gasteiger partial charge in [0.25, 0.3) is 0 Å². The maximum absolute atomic E-state index is 9.87. The Balaban J connectivity index is 0.000000810. The summed E-state index contributed by atoms with van der Waals surface area (Å²) in [5.41, 5.74) is 0. The zero-order valence-electron chi connectivity index (χ0n) is 4.28. The van der Waals surface area contributed by atoms with Gasteiger partial charge in [0, 0.05) is 17.1 Å². The molecule has 1 atom stereocenters. The zero-order chi connectivity index (χ0) is 7.12. The predicted octanol–water partition coefficient (Wildman–Crippen LogP) is -1.99. The third-order valence-corrected chi connectivity index (χ3v) is 1.92. The average Bonchev–Trinajstić information content (AvgIpc) is 2.12. The fourth-order valence-corrected chi connectivity index (χ4v) is 1.43. The van der Waals surface area contributed by atoms with E-state index in [4.69, 9.17) is 4.55 Å². The molecule has 0 saturated carbocycles. The van der Waals surface area contributed by atoms with Gasteiger partial charge in [-0.05, 0) is 0 Å². The Morgan fingerprint density at radius 3 is 2.00 bits per heavy atom. The molecule has 0 spiro atoms. The van der Waals surface area contributed by atoms with E-state index in [0.29, 0.717) is 0 Å². The van der Waals surface area contributed by atoms with Crippen molar-refractivity contribution in [3.63, 3.8) is 0 Å². The van der Waals surface area contributed by atoms with Crippen molar-refractivity contribution < 1.29 is 44.0 Å². The summed E-state index contributed by atoms with van der Waals surface area (Å²) in [6.07, 6.45) is 0. The number of rotatable bonds is 2.